The number of aryl methyl sites for hydroxylation is 1. The van der Waals surface area contributed by atoms with Crippen LogP contribution in [-0.2, 0) is 11.8 Å². The van der Waals surface area contributed by atoms with Gasteiger partial charge >= 0.3 is 5.97 Å². The van der Waals surface area contributed by atoms with E-state index in [1.54, 1.807) is 14.0 Å². The van der Waals surface area contributed by atoms with E-state index < -0.39 is 17.7 Å². The Bertz CT molecular complexity index is 665. The number of rotatable bonds is 4. The van der Waals surface area contributed by atoms with Crippen molar-refractivity contribution in [1.82, 2.24) is 9.78 Å². The summed E-state index contributed by atoms with van der Waals surface area (Å²) in [4.78, 5) is 23.7. The first-order valence-electron chi connectivity index (χ1n) is 6.29. The Morgan fingerprint density at radius 2 is 2.00 bits per heavy atom. The van der Waals surface area contributed by atoms with Gasteiger partial charge in [-0.25, -0.2) is 9.18 Å². The zero-order valence-electron chi connectivity index (χ0n) is 11.6. The monoisotopic (exact) mass is 291 g/mol. The van der Waals surface area contributed by atoms with Crippen molar-refractivity contribution in [2.24, 2.45) is 7.05 Å². The highest BCUT2D eigenvalue weighted by molar-refractivity contribution is 6.04. The summed E-state index contributed by atoms with van der Waals surface area (Å²) in [6.45, 7) is 1.93. The minimum atomic E-state index is -0.548. The number of ether oxygens (including phenoxy) is 1. The third kappa shape index (κ3) is 3.44. The van der Waals surface area contributed by atoms with Crippen molar-refractivity contribution in [3.05, 3.63) is 47.5 Å². The molecule has 21 heavy (non-hydrogen) atoms. The van der Waals surface area contributed by atoms with Gasteiger partial charge in [0.25, 0.3) is 5.91 Å². The molecule has 2 aromatic rings. The molecule has 1 aromatic carbocycles. The van der Waals surface area contributed by atoms with Gasteiger partial charge in [-0.1, -0.05) is 0 Å². The number of amides is 1. The molecule has 0 aliphatic carbocycles. The van der Waals surface area contributed by atoms with Gasteiger partial charge in [0.2, 0.25) is 0 Å². The highest BCUT2D eigenvalue weighted by Crippen LogP contribution is 2.11. The Labute approximate surface area is 120 Å². The van der Waals surface area contributed by atoms with E-state index in [4.69, 9.17) is 4.74 Å². The van der Waals surface area contributed by atoms with E-state index >= 15 is 0 Å². The van der Waals surface area contributed by atoms with Gasteiger partial charge in [-0.05, 0) is 31.2 Å². The molecule has 0 bridgehead atoms. The molecule has 1 N–H and O–H groups in total. The van der Waals surface area contributed by atoms with Crippen LogP contribution in [-0.4, -0.2) is 28.3 Å². The number of anilines is 1. The van der Waals surface area contributed by atoms with Crippen molar-refractivity contribution in [2.45, 2.75) is 6.92 Å². The number of carbonyl (C=O) groups excluding carboxylic acids is 2. The normalized spacial score (nSPS) is 10.2. The van der Waals surface area contributed by atoms with Crippen molar-refractivity contribution in [2.75, 3.05) is 11.9 Å². The summed E-state index contributed by atoms with van der Waals surface area (Å²) in [6, 6.07) is 6.68. The van der Waals surface area contributed by atoms with Crippen molar-refractivity contribution in [3.63, 3.8) is 0 Å². The Morgan fingerprint density at radius 3 is 2.62 bits per heavy atom. The van der Waals surface area contributed by atoms with Crippen molar-refractivity contribution < 1.29 is 18.7 Å². The van der Waals surface area contributed by atoms with E-state index in [1.807, 2.05) is 0 Å². The molecule has 0 atom stereocenters. The topological polar surface area (TPSA) is 73.2 Å². The molecule has 110 valence electrons. The summed E-state index contributed by atoms with van der Waals surface area (Å²) in [6.07, 6.45) is 0. The van der Waals surface area contributed by atoms with Gasteiger partial charge in [-0.15, -0.1) is 0 Å². The van der Waals surface area contributed by atoms with Gasteiger partial charge in [0, 0.05) is 18.8 Å². The Balaban J connectivity index is 2.14. The van der Waals surface area contributed by atoms with Gasteiger partial charge in [-0.3, -0.25) is 9.48 Å². The summed E-state index contributed by atoms with van der Waals surface area (Å²) < 4.78 is 18.9. The second-order valence-electron chi connectivity index (χ2n) is 4.22. The molecule has 1 aromatic heterocycles. The zero-order chi connectivity index (χ0) is 15.4. The lowest BCUT2D eigenvalue weighted by Gasteiger charge is -2.02. The van der Waals surface area contributed by atoms with Crippen LogP contribution in [0.15, 0.2) is 30.3 Å². The first-order chi connectivity index (χ1) is 10.0. The van der Waals surface area contributed by atoms with Crippen LogP contribution >= 0.6 is 0 Å². The molecule has 1 amide bonds. The molecule has 0 unspecified atom stereocenters. The van der Waals surface area contributed by atoms with Crippen LogP contribution in [0.25, 0.3) is 0 Å². The van der Waals surface area contributed by atoms with Crippen LogP contribution in [0.3, 0.4) is 0 Å². The third-order valence-corrected chi connectivity index (χ3v) is 2.70. The molecule has 0 aliphatic rings. The smallest absolute Gasteiger partial charge is 0.356 e. The fourth-order valence-corrected chi connectivity index (χ4v) is 1.70. The first-order valence-corrected chi connectivity index (χ1v) is 6.29. The second-order valence-corrected chi connectivity index (χ2v) is 4.22. The van der Waals surface area contributed by atoms with Crippen LogP contribution in [0.5, 0.6) is 0 Å². The van der Waals surface area contributed by atoms with E-state index in [2.05, 4.69) is 10.4 Å². The van der Waals surface area contributed by atoms with Crippen LogP contribution in [0.1, 0.15) is 27.9 Å². The summed E-state index contributed by atoms with van der Waals surface area (Å²) in [7, 11) is 1.54. The molecule has 0 saturated carbocycles. The van der Waals surface area contributed by atoms with Gasteiger partial charge in [-0.2, -0.15) is 5.10 Å². The van der Waals surface area contributed by atoms with Gasteiger partial charge < -0.3 is 10.1 Å². The minimum absolute atomic E-state index is 0.0740. The lowest BCUT2D eigenvalue weighted by atomic mass is 10.3. The predicted octanol–water partition coefficient (Wildman–Crippen LogP) is 1.99. The van der Waals surface area contributed by atoms with Crippen LogP contribution in [0.4, 0.5) is 10.1 Å². The number of aromatic nitrogens is 2. The maximum Gasteiger partial charge on any atom is 0.356 e. The molecule has 0 fully saturated rings. The van der Waals surface area contributed by atoms with E-state index in [0.29, 0.717) is 5.69 Å². The third-order valence-electron chi connectivity index (χ3n) is 2.70. The molecule has 0 spiro atoms. The van der Waals surface area contributed by atoms with Crippen molar-refractivity contribution >= 4 is 17.6 Å². The van der Waals surface area contributed by atoms with Gasteiger partial charge in [0.15, 0.2) is 5.69 Å². The Hall–Kier alpha value is -2.70. The van der Waals surface area contributed by atoms with Gasteiger partial charge in [0.05, 0.1) is 6.61 Å². The molecule has 0 radical (unpaired) electrons. The number of halogens is 1. The maximum absolute atomic E-state index is 12.8. The minimum Gasteiger partial charge on any atom is -0.461 e. The number of nitrogens with one attached hydrogen (secondary N) is 1. The lowest BCUT2D eigenvalue weighted by Crippen LogP contribution is -2.13. The van der Waals surface area contributed by atoms with Gasteiger partial charge in [0.1, 0.15) is 11.5 Å². The highest BCUT2D eigenvalue weighted by Gasteiger charge is 2.18. The number of esters is 1. The molecular weight excluding hydrogens is 277 g/mol. The van der Waals surface area contributed by atoms with Crippen LogP contribution < -0.4 is 5.32 Å². The fraction of sp³-hybridized carbons (Fsp3) is 0.214. The average Bonchev–Trinajstić information content (AvgIpc) is 2.84. The van der Waals surface area contributed by atoms with Crippen LogP contribution in [0, 0.1) is 5.82 Å². The summed E-state index contributed by atoms with van der Waals surface area (Å²) in [5.41, 5.74) is 0.690. The molecule has 0 saturated heterocycles. The Kier molecular flexibility index (Phi) is 4.32. The van der Waals surface area contributed by atoms with E-state index in [-0.39, 0.29) is 18.0 Å². The van der Waals surface area contributed by atoms with Crippen LogP contribution in [0.2, 0.25) is 0 Å². The summed E-state index contributed by atoms with van der Waals surface area (Å²) >= 11 is 0. The molecule has 6 nitrogen and oxygen atoms in total. The highest BCUT2D eigenvalue weighted by atomic mass is 19.1. The first kappa shape index (κ1) is 14.7. The molecule has 0 aliphatic heterocycles. The molecule has 2 rings (SSSR count). The van der Waals surface area contributed by atoms with E-state index in [9.17, 15) is 14.0 Å². The van der Waals surface area contributed by atoms with Crippen molar-refractivity contribution in [3.8, 4) is 0 Å². The zero-order valence-corrected chi connectivity index (χ0v) is 11.6. The number of carbonyl (C=O) groups is 2. The standard InChI is InChI=1S/C14H14FN3O3/c1-3-21-14(20)12-8-11(17-18(12)2)13(19)16-10-6-4-9(15)5-7-10/h4-8H,3H2,1-2H3,(H,16,19). The largest absolute Gasteiger partial charge is 0.461 e. The Morgan fingerprint density at radius 1 is 1.33 bits per heavy atom. The van der Waals surface area contributed by atoms with E-state index in [0.717, 1.165) is 0 Å². The quantitative estimate of drug-likeness (QED) is 0.874. The summed E-state index contributed by atoms with van der Waals surface area (Å²) in [5, 5.41) is 6.52. The number of hydrogen-bond acceptors (Lipinski definition) is 4. The molecular formula is C14H14FN3O3. The average molecular weight is 291 g/mol. The fourth-order valence-electron chi connectivity index (χ4n) is 1.70. The number of nitrogens with zero attached hydrogens (tertiary/aromatic N) is 2. The number of benzene rings is 1. The molecule has 1 heterocycles. The second kappa shape index (κ2) is 6.17. The van der Waals surface area contributed by atoms with Crippen molar-refractivity contribution in [1.29, 1.82) is 0 Å². The van der Waals surface area contributed by atoms with E-state index in [1.165, 1.54) is 35.0 Å². The molecule has 7 heteroatoms. The predicted molar refractivity (Wildman–Crippen MR) is 73.5 cm³/mol. The summed E-state index contributed by atoms with van der Waals surface area (Å²) in [5.74, 6) is -1.43. The number of hydrogen-bond donors (Lipinski definition) is 1. The maximum atomic E-state index is 12.8. The lowest BCUT2D eigenvalue weighted by molar-refractivity contribution is 0.0513. The SMILES string of the molecule is CCOC(=O)c1cc(C(=O)Nc2ccc(F)cc2)nn1C.